The third-order valence-corrected chi connectivity index (χ3v) is 5.10. The van der Waals surface area contributed by atoms with Gasteiger partial charge >= 0.3 is 5.97 Å². The van der Waals surface area contributed by atoms with Gasteiger partial charge in [0.15, 0.2) is 0 Å². The zero-order valence-electron chi connectivity index (χ0n) is 13.2. The van der Waals surface area contributed by atoms with Crippen LogP contribution in [0.2, 0.25) is 0 Å². The van der Waals surface area contributed by atoms with E-state index in [0.717, 1.165) is 32.4 Å². The van der Waals surface area contributed by atoms with Crippen LogP contribution in [0.15, 0.2) is 0 Å². The van der Waals surface area contributed by atoms with Gasteiger partial charge in [0, 0.05) is 0 Å². The van der Waals surface area contributed by atoms with Gasteiger partial charge in [-0.05, 0) is 37.8 Å². The molecule has 0 saturated carbocycles. The fourth-order valence-electron chi connectivity index (χ4n) is 3.25. The van der Waals surface area contributed by atoms with E-state index in [0.29, 0.717) is 5.41 Å². The van der Waals surface area contributed by atoms with Crippen molar-refractivity contribution in [2.75, 3.05) is 20.2 Å². The summed E-state index contributed by atoms with van der Waals surface area (Å²) in [4.78, 5) is 14.3. The van der Waals surface area contributed by atoms with Crippen LogP contribution in [0.25, 0.3) is 0 Å². The Morgan fingerprint density at radius 2 is 1.79 bits per heavy atom. The highest BCUT2D eigenvalue weighted by molar-refractivity contribution is 5.75. The molecule has 1 atom stereocenters. The van der Waals surface area contributed by atoms with Crippen LogP contribution in [0.1, 0.15) is 65.7 Å². The van der Waals surface area contributed by atoms with E-state index in [4.69, 9.17) is 4.74 Å². The maximum atomic E-state index is 12.0. The highest BCUT2D eigenvalue weighted by Crippen LogP contribution is 2.38. The Labute approximate surface area is 118 Å². The Kier molecular flexibility index (Phi) is 6.84. The van der Waals surface area contributed by atoms with Crippen LogP contribution in [0, 0.1) is 5.41 Å². The molecular formula is C16H31NO2. The fraction of sp³-hybridized carbons (Fsp3) is 0.938. The Bertz CT molecular complexity index is 264. The second kappa shape index (κ2) is 7.88. The van der Waals surface area contributed by atoms with Gasteiger partial charge in [-0.25, -0.2) is 0 Å². The number of piperidine rings is 1. The minimum absolute atomic E-state index is 0.0170. The Morgan fingerprint density at radius 3 is 2.21 bits per heavy atom. The number of hydrogen-bond acceptors (Lipinski definition) is 3. The lowest BCUT2D eigenvalue weighted by atomic mass is 9.74. The molecule has 1 rings (SSSR count). The van der Waals surface area contributed by atoms with Gasteiger partial charge in [-0.2, -0.15) is 0 Å². The second-order valence-corrected chi connectivity index (χ2v) is 5.92. The van der Waals surface area contributed by atoms with Crippen LogP contribution in [0.5, 0.6) is 0 Å². The number of rotatable bonds is 7. The number of unbranched alkanes of at least 4 members (excludes halogenated alkanes) is 1. The molecule has 3 nitrogen and oxygen atoms in total. The Hall–Kier alpha value is -0.570. The number of esters is 1. The summed E-state index contributed by atoms with van der Waals surface area (Å²) in [5, 5.41) is 0. The van der Waals surface area contributed by atoms with E-state index in [9.17, 15) is 4.79 Å². The van der Waals surface area contributed by atoms with E-state index in [1.54, 1.807) is 0 Å². The zero-order chi connectivity index (χ0) is 14.3. The van der Waals surface area contributed by atoms with E-state index in [2.05, 4.69) is 25.7 Å². The number of likely N-dealkylation sites (tertiary alicyclic amines) is 1. The average molecular weight is 269 g/mol. The van der Waals surface area contributed by atoms with E-state index >= 15 is 0 Å². The molecule has 0 aliphatic carbocycles. The SMILES string of the molecule is CCCCC(C(=O)OC)N1CCC(CC)(CC)CC1. The molecular weight excluding hydrogens is 238 g/mol. The third-order valence-electron chi connectivity index (χ3n) is 5.10. The lowest BCUT2D eigenvalue weighted by Gasteiger charge is -2.43. The molecule has 1 fully saturated rings. The zero-order valence-corrected chi connectivity index (χ0v) is 13.2. The number of methoxy groups -OCH3 is 1. The summed E-state index contributed by atoms with van der Waals surface area (Å²) in [5.74, 6) is -0.0473. The molecule has 0 radical (unpaired) electrons. The minimum atomic E-state index is -0.0473. The first-order valence-corrected chi connectivity index (χ1v) is 7.94. The first kappa shape index (κ1) is 16.5. The highest BCUT2D eigenvalue weighted by Gasteiger charge is 2.35. The van der Waals surface area contributed by atoms with Crippen molar-refractivity contribution in [3.8, 4) is 0 Å². The molecule has 1 saturated heterocycles. The molecule has 19 heavy (non-hydrogen) atoms. The van der Waals surface area contributed by atoms with Gasteiger partial charge in [-0.1, -0.05) is 46.5 Å². The summed E-state index contributed by atoms with van der Waals surface area (Å²) in [5.41, 5.74) is 0.516. The first-order chi connectivity index (χ1) is 9.12. The van der Waals surface area contributed by atoms with E-state index < -0.39 is 0 Å². The normalized spacial score (nSPS) is 21.1. The van der Waals surface area contributed by atoms with Crippen molar-refractivity contribution in [2.24, 2.45) is 5.41 Å². The summed E-state index contributed by atoms with van der Waals surface area (Å²) in [7, 11) is 1.51. The average Bonchev–Trinajstić information content (AvgIpc) is 2.48. The molecule has 1 aliphatic rings. The Balaban J connectivity index is 2.60. The summed E-state index contributed by atoms with van der Waals surface area (Å²) >= 11 is 0. The van der Waals surface area contributed by atoms with E-state index in [-0.39, 0.29) is 12.0 Å². The van der Waals surface area contributed by atoms with Gasteiger partial charge in [0.25, 0.3) is 0 Å². The summed E-state index contributed by atoms with van der Waals surface area (Å²) in [6, 6.07) is -0.0170. The van der Waals surface area contributed by atoms with Gasteiger partial charge in [0.05, 0.1) is 7.11 Å². The van der Waals surface area contributed by atoms with Crippen molar-refractivity contribution in [3.63, 3.8) is 0 Å². The van der Waals surface area contributed by atoms with Crippen molar-refractivity contribution in [3.05, 3.63) is 0 Å². The van der Waals surface area contributed by atoms with Crippen molar-refractivity contribution in [1.29, 1.82) is 0 Å². The molecule has 0 spiro atoms. The highest BCUT2D eigenvalue weighted by atomic mass is 16.5. The van der Waals surface area contributed by atoms with Crippen molar-refractivity contribution < 1.29 is 9.53 Å². The van der Waals surface area contributed by atoms with Crippen LogP contribution in [0.3, 0.4) is 0 Å². The van der Waals surface area contributed by atoms with Gasteiger partial charge in [0.2, 0.25) is 0 Å². The summed E-state index contributed by atoms with van der Waals surface area (Å²) in [6.45, 7) is 8.86. The lowest BCUT2D eigenvalue weighted by molar-refractivity contribution is -0.148. The van der Waals surface area contributed by atoms with Gasteiger partial charge in [-0.15, -0.1) is 0 Å². The van der Waals surface area contributed by atoms with Crippen molar-refractivity contribution >= 4 is 5.97 Å². The van der Waals surface area contributed by atoms with Crippen LogP contribution in [-0.4, -0.2) is 37.1 Å². The molecule has 1 unspecified atom stereocenters. The number of nitrogens with zero attached hydrogens (tertiary/aromatic N) is 1. The standard InChI is InChI=1S/C16H31NO2/c1-5-8-9-14(15(18)19-4)17-12-10-16(6-2,7-3)11-13-17/h14H,5-13H2,1-4H3. The topological polar surface area (TPSA) is 29.5 Å². The van der Waals surface area contributed by atoms with Gasteiger partial charge in [-0.3, -0.25) is 9.69 Å². The van der Waals surface area contributed by atoms with Crippen molar-refractivity contribution in [1.82, 2.24) is 4.90 Å². The van der Waals surface area contributed by atoms with Crippen LogP contribution >= 0.6 is 0 Å². The predicted octanol–water partition coefficient (Wildman–Crippen LogP) is 3.62. The second-order valence-electron chi connectivity index (χ2n) is 5.92. The van der Waals surface area contributed by atoms with Crippen LogP contribution in [0.4, 0.5) is 0 Å². The van der Waals surface area contributed by atoms with Gasteiger partial charge in [0.1, 0.15) is 6.04 Å². The van der Waals surface area contributed by atoms with Crippen molar-refractivity contribution in [2.45, 2.75) is 71.8 Å². The molecule has 0 bridgehead atoms. The molecule has 0 N–H and O–H groups in total. The predicted molar refractivity (Wildman–Crippen MR) is 79.2 cm³/mol. The molecule has 0 aromatic rings. The minimum Gasteiger partial charge on any atom is -0.468 e. The molecule has 3 heteroatoms. The molecule has 0 aromatic heterocycles. The lowest BCUT2D eigenvalue weighted by Crippen LogP contribution is -2.48. The largest absolute Gasteiger partial charge is 0.468 e. The van der Waals surface area contributed by atoms with Crippen LogP contribution in [-0.2, 0) is 9.53 Å². The fourth-order valence-corrected chi connectivity index (χ4v) is 3.25. The smallest absolute Gasteiger partial charge is 0.323 e. The molecule has 1 heterocycles. The third kappa shape index (κ3) is 4.20. The maximum Gasteiger partial charge on any atom is 0.323 e. The number of ether oxygens (including phenoxy) is 1. The van der Waals surface area contributed by atoms with E-state index in [1.165, 1.54) is 32.8 Å². The Morgan fingerprint density at radius 1 is 1.21 bits per heavy atom. The quantitative estimate of drug-likeness (QED) is 0.661. The summed E-state index contributed by atoms with van der Waals surface area (Å²) in [6.07, 6.45) is 8.14. The number of hydrogen-bond donors (Lipinski definition) is 0. The number of carbonyl (C=O) groups is 1. The monoisotopic (exact) mass is 269 g/mol. The molecule has 1 aliphatic heterocycles. The van der Waals surface area contributed by atoms with Crippen LogP contribution < -0.4 is 0 Å². The maximum absolute atomic E-state index is 12.0. The van der Waals surface area contributed by atoms with Gasteiger partial charge < -0.3 is 4.74 Å². The number of carbonyl (C=O) groups excluding carboxylic acids is 1. The molecule has 0 amide bonds. The van der Waals surface area contributed by atoms with E-state index in [1.807, 2.05) is 0 Å². The first-order valence-electron chi connectivity index (χ1n) is 7.94. The summed E-state index contributed by atoms with van der Waals surface area (Å²) < 4.78 is 4.99. The molecule has 0 aromatic carbocycles. The molecule has 112 valence electrons.